The number of ether oxygens (including phenoxy) is 2. The molecule has 0 bridgehead atoms. The van der Waals surface area contributed by atoms with Crippen LogP contribution < -0.4 is 9.47 Å². The smallest absolute Gasteiger partial charge is 0.127 e. The monoisotopic (exact) mass is 422 g/mol. The molecule has 0 N–H and O–H groups in total. The third-order valence-electron chi connectivity index (χ3n) is 4.99. The summed E-state index contributed by atoms with van der Waals surface area (Å²) >= 11 is 0. The van der Waals surface area contributed by atoms with E-state index in [1.54, 1.807) is 18.2 Å². The van der Waals surface area contributed by atoms with E-state index in [2.05, 4.69) is 0 Å². The second kappa shape index (κ2) is 10.8. The van der Waals surface area contributed by atoms with E-state index < -0.39 is 0 Å². The predicted octanol–water partition coefficient (Wildman–Crippen LogP) is 7.85. The predicted molar refractivity (Wildman–Crippen MR) is 121 cm³/mol. The first-order valence-corrected chi connectivity index (χ1v) is 10.6. The van der Waals surface area contributed by atoms with E-state index in [0.717, 1.165) is 16.9 Å². The molecule has 0 aromatic heterocycles. The first-order valence-electron chi connectivity index (χ1n) is 10.6. The molecule has 0 saturated carbocycles. The van der Waals surface area contributed by atoms with E-state index in [4.69, 9.17) is 9.47 Å². The van der Waals surface area contributed by atoms with Gasteiger partial charge < -0.3 is 9.47 Å². The average Bonchev–Trinajstić information content (AvgIpc) is 2.75. The number of rotatable bonds is 9. The van der Waals surface area contributed by atoms with Gasteiger partial charge in [-0.05, 0) is 85.0 Å². The minimum atomic E-state index is -0.311. The van der Waals surface area contributed by atoms with Crippen LogP contribution in [-0.4, -0.2) is 6.61 Å². The maximum atomic E-state index is 15.2. The van der Waals surface area contributed by atoms with Crippen molar-refractivity contribution < 1.29 is 18.3 Å². The summed E-state index contributed by atoms with van der Waals surface area (Å²) in [7, 11) is 0. The van der Waals surface area contributed by atoms with E-state index in [0.29, 0.717) is 24.5 Å². The van der Waals surface area contributed by atoms with Gasteiger partial charge in [-0.2, -0.15) is 0 Å². The van der Waals surface area contributed by atoms with Crippen molar-refractivity contribution in [2.45, 2.75) is 33.1 Å². The summed E-state index contributed by atoms with van der Waals surface area (Å²) in [4.78, 5) is 0. The van der Waals surface area contributed by atoms with Crippen LogP contribution in [0.15, 0.2) is 84.7 Å². The summed E-state index contributed by atoms with van der Waals surface area (Å²) in [5.41, 5.74) is 1.87. The van der Waals surface area contributed by atoms with E-state index in [1.807, 2.05) is 69.3 Å². The van der Waals surface area contributed by atoms with Crippen LogP contribution in [0.3, 0.4) is 0 Å². The standard InChI is InChI=1S/C27H28F2O2/c1-4-30-23-13-9-21(10-14-23)27(19(2)3)26(29)17-8-20-6-5-7-25(18-20)31-24-15-11-22(28)12-16-24/h5-7,9-19,27H,4,8H2,1-3H3/b26-17-. The van der Waals surface area contributed by atoms with E-state index in [9.17, 15) is 4.39 Å². The quantitative estimate of drug-likeness (QED) is 0.349. The summed E-state index contributed by atoms with van der Waals surface area (Å²) in [6.45, 7) is 6.58. The summed E-state index contributed by atoms with van der Waals surface area (Å²) in [6, 6.07) is 21.0. The molecule has 3 aromatic carbocycles. The largest absolute Gasteiger partial charge is 0.494 e. The first kappa shape index (κ1) is 22.5. The molecule has 3 aromatic rings. The highest BCUT2D eigenvalue weighted by molar-refractivity contribution is 5.36. The highest BCUT2D eigenvalue weighted by atomic mass is 19.1. The van der Waals surface area contributed by atoms with E-state index >= 15 is 4.39 Å². The van der Waals surface area contributed by atoms with Gasteiger partial charge in [0.1, 0.15) is 28.9 Å². The van der Waals surface area contributed by atoms with Gasteiger partial charge in [-0.15, -0.1) is 0 Å². The minimum absolute atomic E-state index is 0.113. The number of allylic oxidation sites excluding steroid dienone is 2. The van der Waals surface area contributed by atoms with Gasteiger partial charge in [-0.1, -0.05) is 38.1 Å². The molecule has 4 heteroatoms. The number of benzene rings is 3. The Morgan fingerprint density at radius 1 is 0.903 bits per heavy atom. The Labute approximate surface area is 183 Å². The van der Waals surface area contributed by atoms with Crippen molar-refractivity contribution in [3.63, 3.8) is 0 Å². The maximum Gasteiger partial charge on any atom is 0.127 e. The first-order chi connectivity index (χ1) is 15.0. The van der Waals surface area contributed by atoms with Crippen LogP contribution in [0.25, 0.3) is 0 Å². The fraction of sp³-hybridized carbons (Fsp3) is 0.259. The molecule has 0 aliphatic carbocycles. The molecule has 0 amide bonds. The van der Waals surface area contributed by atoms with Crippen molar-refractivity contribution in [3.05, 3.63) is 102 Å². The Bertz CT molecular complexity index is 993. The molecule has 3 rings (SSSR count). The van der Waals surface area contributed by atoms with Gasteiger partial charge in [0.2, 0.25) is 0 Å². The van der Waals surface area contributed by atoms with Crippen LogP contribution in [-0.2, 0) is 6.42 Å². The van der Waals surface area contributed by atoms with Crippen molar-refractivity contribution in [3.8, 4) is 17.2 Å². The summed E-state index contributed by atoms with van der Waals surface area (Å²) in [5.74, 6) is 1.31. The maximum absolute atomic E-state index is 15.2. The lowest BCUT2D eigenvalue weighted by molar-refractivity contribution is 0.340. The molecular formula is C27H28F2O2. The summed E-state index contributed by atoms with van der Waals surface area (Å²) < 4.78 is 39.5. The Balaban J connectivity index is 1.72. The zero-order valence-corrected chi connectivity index (χ0v) is 18.1. The van der Waals surface area contributed by atoms with Crippen molar-refractivity contribution in [1.82, 2.24) is 0 Å². The molecule has 1 atom stereocenters. The third-order valence-corrected chi connectivity index (χ3v) is 4.99. The zero-order valence-electron chi connectivity index (χ0n) is 18.1. The molecule has 31 heavy (non-hydrogen) atoms. The molecular weight excluding hydrogens is 394 g/mol. The van der Waals surface area contributed by atoms with Crippen molar-refractivity contribution >= 4 is 0 Å². The van der Waals surface area contributed by atoms with Crippen LogP contribution in [0.5, 0.6) is 17.2 Å². The topological polar surface area (TPSA) is 18.5 Å². The second-order valence-electron chi connectivity index (χ2n) is 7.72. The fourth-order valence-corrected chi connectivity index (χ4v) is 3.52. The number of hydrogen-bond donors (Lipinski definition) is 0. The van der Waals surface area contributed by atoms with Crippen LogP contribution in [0, 0.1) is 11.7 Å². The van der Waals surface area contributed by atoms with Gasteiger partial charge in [-0.25, -0.2) is 8.78 Å². The van der Waals surface area contributed by atoms with Gasteiger partial charge in [0.05, 0.1) is 6.61 Å². The summed E-state index contributed by atoms with van der Waals surface area (Å²) in [5, 5.41) is 0. The molecule has 0 heterocycles. The highest BCUT2D eigenvalue weighted by Gasteiger charge is 2.21. The molecule has 162 valence electrons. The highest BCUT2D eigenvalue weighted by Crippen LogP contribution is 2.34. The SMILES string of the molecule is CCOc1ccc(C(/C(F)=C/Cc2cccc(Oc3ccc(F)cc3)c2)C(C)C)cc1. The average molecular weight is 423 g/mol. The third kappa shape index (κ3) is 6.42. The van der Waals surface area contributed by atoms with Crippen LogP contribution in [0.1, 0.15) is 37.8 Å². The lowest BCUT2D eigenvalue weighted by Gasteiger charge is -2.20. The van der Waals surface area contributed by atoms with Crippen molar-refractivity contribution in [2.75, 3.05) is 6.61 Å². The van der Waals surface area contributed by atoms with E-state index in [-0.39, 0.29) is 23.5 Å². The minimum Gasteiger partial charge on any atom is -0.494 e. The normalized spacial score (nSPS) is 12.6. The van der Waals surface area contributed by atoms with Gasteiger partial charge in [0.25, 0.3) is 0 Å². The van der Waals surface area contributed by atoms with Gasteiger partial charge in [0, 0.05) is 5.92 Å². The van der Waals surface area contributed by atoms with Crippen LogP contribution >= 0.6 is 0 Å². The zero-order chi connectivity index (χ0) is 22.2. The Morgan fingerprint density at radius 2 is 1.58 bits per heavy atom. The van der Waals surface area contributed by atoms with Crippen LogP contribution in [0.4, 0.5) is 8.78 Å². The Morgan fingerprint density at radius 3 is 2.23 bits per heavy atom. The molecule has 0 aliphatic rings. The molecule has 1 unspecified atom stereocenters. The molecule has 0 aliphatic heterocycles. The van der Waals surface area contributed by atoms with Gasteiger partial charge >= 0.3 is 0 Å². The lowest BCUT2D eigenvalue weighted by atomic mass is 9.86. The number of hydrogen-bond acceptors (Lipinski definition) is 2. The van der Waals surface area contributed by atoms with E-state index in [1.165, 1.54) is 12.1 Å². The Hall–Kier alpha value is -3.14. The Kier molecular flexibility index (Phi) is 7.82. The van der Waals surface area contributed by atoms with Gasteiger partial charge in [-0.3, -0.25) is 0 Å². The lowest BCUT2D eigenvalue weighted by Crippen LogP contribution is -2.08. The molecule has 0 fully saturated rings. The second-order valence-corrected chi connectivity index (χ2v) is 7.72. The molecule has 2 nitrogen and oxygen atoms in total. The molecule has 0 radical (unpaired) electrons. The molecule has 0 spiro atoms. The van der Waals surface area contributed by atoms with Crippen LogP contribution in [0.2, 0.25) is 0 Å². The molecule has 0 saturated heterocycles. The van der Waals surface area contributed by atoms with Crippen molar-refractivity contribution in [2.24, 2.45) is 5.92 Å². The van der Waals surface area contributed by atoms with Gasteiger partial charge in [0.15, 0.2) is 0 Å². The fourth-order valence-electron chi connectivity index (χ4n) is 3.52. The van der Waals surface area contributed by atoms with Crippen molar-refractivity contribution in [1.29, 1.82) is 0 Å². The summed E-state index contributed by atoms with van der Waals surface area (Å²) in [6.07, 6.45) is 2.09. The number of halogens is 2.